The Balaban J connectivity index is 1.35. The van der Waals surface area contributed by atoms with E-state index < -0.39 is 0 Å². The van der Waals surface area contributed by atoms with Crippen LogP contribution in [0.15, 0.2) is 44.3 Å². The molecular weight excluding hydrogens is 384 g/mol. The molecule has 0 radical (unpaired) electrons. The van der Waals surface area contributed by atoms with Crippen molar-refractivity contribution in [2.24, 2.45) is 11.8 Å². The number of benzene rings is 1. The molecule has 7 heteroatoms. The fourth-order valence-corrected chi connectivity index (χ4v) is 4.44. The minimum Gasteiger partial charge on any atom is -0.408 e. The van der Waals surface area contributed by atoms with Crippen LogP contribution in [0.3, 0.4) is 0 Å². The molecule has 158 valence electrons. The number of aromatic nitrogens is 2. The zero-order chi connectivity index (χ0) is 21.3. The van der Waals surface area contributed by atoms with Crippen LogP contribution in [0.2, 0.25) is 0 Å². The second-order valence-electron chi connectivity index (χ2n) is 8.51. The molecule has 0 bridgehead atoms. The average Bonchev–Trinajstić information content (AvgIpc) is 3.35. The van der Waals surface area contributed by atoms with Crippen molar-refractivity contribution in [1.29, 1.82) is 0 Å². The first-order chi connectivity index (χ1) is 14.4. The fraction of sp³-hybridized carbons (Fsp3) is 0.478. The first-order valence-corrected chi connectivity index (χ1v) is 10.5. The van der Waals surface area contributed by atoms with Gasteiger partial charge >= 0.3 is 5.76 Å². The van der Waals surface area contributed by atoms with Crippen LogP contribution >= 0.6 is 0 Å². The summed E-state index contributed by atoms with van der Waals surface area (Å²) in [6.07, 6.45) is 5.53. The van der Waals surface area contributed by atoms with Crippen LogP contribution in [0, 0.1) is 11.8 Å². The lowest BCUT2D eigenvalue weighted by Crippen LogP contribution is -2.24. The number of rotatable bonds is 7. The van der Waals surface area contributed by atoms with Crippen molar-refractivity contribution >= 4 is 22.7 Å². The van der Waals surface area contributed by atoms with Crippen LogP contribution in [0.25, 0.3) is 11.1 Å². The SMILES string of the molecule is CC(C)n1c(=O)oc2cc(CC(=O)C3CCC(CC(=O)c4ccon4)CC3)ccc21. The van der Waals surface area contributed by atoms with Gasteiger partial charge in [-0.05, 0) is 63.1 Å². The quantitative estimate of drug-likeness (QED) is 0.537. The summed E-state index contributed by atoms with van der Waals surface area (Å²) >= 11 is 0. The van der Waals surface area contributed by atoms with Gasteiger partial charge in [0.25, 0.3) is 0 Å². The summed E-state index contributed by atoms with van der Waals surface area (Å²) in [4.78, 5) is 37.0. The number of nitrogens with zero attached hydrogens (tertiary/aromatic N) is 2. The minimum absolute atomic E-state index is 0.00153. The van der Waals surface area contributed by atoms with Crippen LogP contribution in [0.5, 0.6) is 0 Å². The lowest BCUT2D eigenvalue weighted by molar-refractivity contribution is -0.123. The normalized spacial score (nSPS) is 19.4. The molecule has 0 unspecified atom stereocenters. The van der Waals surface area contributed by atoms with E-state index in [-0.39, 0.29) is 29.3 Å². The summed E-state index contributed by atoms with van der Waals surface area (Å²) in [6, 6.07) is 7.16. The van der Waals surface area contributed by atoms with Crippen molar-refractivity contribution in [2.75, 3.05) is 0 Å². The molecule has 3 aromatic rings. The highest BCUT2D eigenvalue weighted by Gasteiger charge is 2.28. The van der Waals surface area contributed by atoms with Crippen molar-refractivity contribution in [3.8, 4) is 0 Å². The maximum Gasteiger partial charge on any atom is 0.420 e. The Labute approximate surface area is 174 Å². The summed E-state index contributed by atoms with van der Waals surface area (Å²) < 4.78 is 11.7. The Hall–Kier alpha value is -2.96. The summed E-state index contributed by atoms with van der Waals surface area (Å²) in [5.41, 5.74) is 2.51. The highest BCUT2D eigenvalue weighted by Crippen LogP contribution is 2.33. The van der Waals surface area contributed by atoms with Crippen molar-refractivity contribution in [3.05, 3.63) is 52.3 Å². The highest BCUT2D eigenvalue weighted by molar-refractivity contribution is 5.94. The van der Waals surface area contributed by atoms with Crippen LogP contribution in [0.4, 0.5) is 0 Å². The van der Waals surface area contributed by atoms with E-state index in [9.17, 15) is 14.4 Å². The Bertz CT molecular complexity index is 1100. The molecule has 1 saturated carbocycles. The molecule has 0 aliphatic heterocycles. The van der Waals surface area contributed by atoms with Crippen LogP contribution in [-0.2, 0) is 11.2 Å². The standard InChI is InChI=1S/C23H26N2O5/c1-14(2)25-19-8-5-16(13-22(19)30-23(25)28)12-20(26)17-6-3-15(4-7-17)11-21(27)18-9-10-29-24-18/h5,8-10,13-15,17H,3-4,6-7,11-12H2,1-2H3. The molecule has 2 aromatic heterocycles. The van der Waals surface area contributed by atoms with E-state index in [1.807, 2.05) is 26.0 Å². The van der Waals surface area contributed by atoms with Crippen LogP contribution < -0.4 is 5.76 Å². The molecule has 30 heavy (non-hydrogen) atoms. The van der Waals surface area contributed by atoms with Gasteiger partial charge < -0.3 is 8.94 Å². The molecule has 4 rings (SSSR count). The van der Waals surface area contributed by atoms with E-state index >= 15 is 0 Å². The summed E-state index contributed by atoms with van der Waals surface area (Å²) in [5, 5.41) is 3.70. The molecule has 0 saturated heterocycles. The Morgan fingerprint density at radius 1 is 1.17 bits per heavy atom. The molecule has 0 N–H and O–H groups in total. The second-order valence-corrected chi connectivity index (χ2v) is 8.51. The number of hydrogen-bond acceptors (Lipinski definition) is 6. The van der Waals surface area contributed by atoms with Crippen molar-refractivity contribution in [3.63, 3.8) is 0 Å². The summed E-state index contributed by atoms with van der Waals surface area (Å²) in [5.74, 6) is 0.149. The number of carbonyl (C=O) groups is 2. The van der Waals surface area contributed by atoms with Gasteiger partial charge in [-0.15, -0.1) is 0 Å². The van der Waals surface area contributed by atoms with Gasteiger partial charge in [0, 0.05) is 30.9 Å². The number of oxazole rings is 1. The Morgan fingerprint density at radius 2 is 1.93 bits per heavy atom. The monoisotopic (exact) mass is 410 g/mol. The molecule has 0 atom stereocenters. The van der Waals surface area contributed by atoms with Gasteiger partial charge in [-0.2, -0.15) is 0 Å². The summed E-state index contributed by atoms with van der Waals surface area (Å²) in [6.45, 7) is 3.87. The predicted octanol–water partition coefficient (Wildman–Crippen LogP) is 4.35. The zero-order valence-corrected chi connectivity index (χ0v) is 17.3. The number of fused-ring (bicyclic) bond motifs is 1. The van der Waals surface area contributed by atoms with E-state index in [0.29, 0.717) is 30.0 Å². The van der Waals surface area contributed by atoms with Gasteiger partial charge in [-0.3, -0.25) is 14.2 Å². The summed E-state index contributed by atoms with van der Waals surface area (Å²) in [7, 11) is 0. The van der Waals surface area contributed by atoms with Gasteiger partial charge in [-0.25, -0.2) is 4.79 Å². The molecule has 7 nitrogen and oxygen atoms in total. The van der Waals surface area contributed by atoms with E-state index in [2.05, 4.69) is 5.16 Å². The molecule has 1 aliphatic rings. The molecule has 2 heterocycles. The molecule has 1 aromatic carbocycles. The molecule has 1 fully saturated rings. The maximum absolute atomic E-state index is 12.8. The van der Waals surface area contributed by atoms with Gasteiger partial charge in [0.05, 0.1) is 5.52 Å². The number of hydrogen-bond donors (Lipinski definition) is 0. The lowest BCUT2D eigenvalue weighted by Gasteiger charge is -2.27. The Morgan fingerprint density at radius 3 is 2.60 bits per heavy atom. The molecule has 0 spiro atoms. The Kier molecular flexibility index (Phi) is 5.70. The van der Waals surface area contributed by atoms with Crippen molar-refractivity contribution in [2.45, 2.75) is 58.4 Å². The maximum atomic E-state index is 12.8. The van der Waals surface area contributed by atoms with Gasteiger partial charge in [0.2, 0.25) is 0 Å². The largest absolute Gasteiger partial charge is 0.420 e. The van der Waals surface area contributed by atoms with Crippen LogP contribution in [-0.4, -0.2) is 21.3 Å². The van der Waals surface area contributed by atoms with Crippen molar-refractivity contribution in [1.82, 2.24) is 9.72 Å². The predicted molar refractivity (Wildman–Crippen MR) is 110 cm³/mol. The minimum atomic E-state index is -0.373. The van der Waals surface area contributed by atoms with E-state index in [4.69, 9.17) is 8.94 Å². The second kappa shape index (κ2) is 8.42. The number of Topliss-reactive ketones (excluding diaryl/α,β-unsaturated/α-hetero) is 2. The van der Waals surface area contributed by atoms with E-state index in [0.717, 1.165) is 36.8 Å². The molecular formula is C23H26N2O5. The zero-order valence-electron chi connectivity index (χ0n) is 17.3. The third-order valence-electron chi connectivity index (χ3n) is 6.07. The highest BCUT2D eigenvalue weighted by atomic mass is 16.5. The van der Waals surface area contributed by atoms with Crippen molar-refractivity contribution < 1.29 is 18.5 Å². The molecule has 0 amide bonds. The average molecular weight is 410 g/mol. The lowest BCUT2D eigenvalue weighted by atomic mass is 9.77. The third kappa shape index (κ3) is 4.15. The molecule has 1 aliphatic carbocycles. The van der Waals surface area contributed by atoms with E-state index in [1.54, 1.807) is 16.7 Å². The first-order valence-electron chi connectivity index (χ1n) is 10.5. The third-order valence-corrected chi connectivity index (χ3v) is 6.07. The number of ketones is 2. The van der Waals surface area contributed by atoms with Gasteiger partial charge in [-0.1, -0.05) is 11.2 Å². The number of carbonyl (C=O) groups excluding carboxylic acids is 2. The van der Waals surface area contributed by atoms with Gasteiger partial charge in [0.1, 0.15) is 17.7 Å². The van der Waals surface area contributed by atoms with Gasteiger partial charge in [0.15, 0.2) is 11.4 Å². The first kappa shape index (κ1) is 20.3. The van der Waals surface area contributed by atoms with E-state index in [1.165, 1.54) is 6.26 Å². The topological polar surface area (TPSA) is 95.3 Å². The fourth-order valence-electron chi connectivity index (χ4n) is 4.44. The smallest absolute Gasteiger partial charge is 0.408 e. The van der Waals surface area contributed by atoms with Crippen LogP contribution in [0.1, 0.15) is 68.0 Å².